The fourth-order valence-corrected chi connectivity index (χ4v) is 4.15. The van der Waals surface area contributed by atoms with Gasteiger partial charge in [-0.05, 0) is 43.7 Å². The quantitative estimate of drug-likeness (QED) is 0.697. The Bertz CT molecular complexity index is 1190. The van der Waals surface area contributed by atoms with E-state index in [2.05, 4.69) is 10.0 Å². The van der Waals surface area contributed by atoms with Gasteiger partial charge in [0, 0.05) is 25.2 Å². The predicted molar refractivity (Wildman–Crippen MR) is 102 cm³/mol. The van der Waals surface area contributed by atoms with E-state index in [4.69, 9.17) is 4.42 Å². The summed E-state index contributed by atoms with van der Waals surface area (Å²) in [4.78, 5) is 23.0. The van der Waals surface area contributed by atoms with Gasteiger partial charge >= 0.3 is 5.76 Å². The van der Waals surface area contributed by atoms with Crippen LogP contribution in [0.4, 0.5) is 11.4 Å². The van der Waals surface area contributed by atoms with Crippen LogP contribution in [0, 0.1) is 6.92 Å². The van der Waals surface area contributed by atoms with Gasteiger partial charge in [-0.15, -0.1) is 0 Å². The number of hydrogen-bond donors (Lipinski definition) is 2. The molecule has 2 aromatic carbocycles. The van der Waals surface area contributed by atoms with Crippen molar-refractivity contribution >= 4 is 38.4 Å². The molecule has 0 saturated heterocycles. The van der Waals surface area contributed by atoms with E-state index in [1.54, 1.807) is 38.1 Å². The van der Waals surface area contributed by atoms with Crippen LogP contribution in [0.5, 0.6) is 0 Å². The van der Waals surface area contributed by atoms with Crippen molar-refractivity contribution in [1.29, 1.82) is 0 Å². The number of carbonyl (C=O) groups is 1. The monoisotopic (exact) mass is 389 g/mol. The molecule has 27 heavy (non-hydrogen) atoms. The standard InChI is InChI=1S/C18H19N3O5S/c1-4-21-15-8-11(2)17(10-16(15)26-18(21)23)27(24,25)20-14-7-5-6-13(9-14)19-12(3)22/h5-10,20H,4H2,1-3H3,(H,19,22). The Balaban J connectivity index is 2.01. The maximum absolute atomic E-state index is 12.8. The van der Waals surface area contributed by atoms with Gasteiger partial charge in [0.05, 0.1) is 16.1 Å². The van der Waals surface area contributed by atoms with Crippen molar-refractivity contribution in [2.45, 2.75) is 32.2 Å². The lowest BCUT2D eigenvalue weighted by Gasteiger charge is -2.12. The number of oxazole rings is 1. The molecular formula is C18H19N3O5S. The van der Waals surface area contributed by atoms with Crippen LogP contribution < -0.4 is 15.8 Å². The summed E-state index contributed by atoms with van der Waals surface area (Å²) in [6.45, 7) is 5.25. The molecule has 9 heteroatoms. The van der Waals surface area contributed by atoms with Gasteiger partial charge in [0.2, 0.25) is 5.91 Å². The lowest BCUT2D eigenvalue weighted by molar-refractivity contribution is -0.114. The van der Waals surface area contributed by atoms with Crippen LogP contribution in [0.2, 0.25) is 0 Å². The highest BCUT2D eigenvalue weighted by atomic mass is 32.2. The molecule has 0 aliphatic rings. The second-order valence-corrected chi connectivity index (χ2v) is 7.72. The normalized spacial score (nSPS) is 11.5. The van der Waals surface area contributed by atoms with Gasteiger partial charge < -0.3 is 9.73 Å². The number of fused-ring (bicyclic) bond motifs is 1. The minimum Gasteiger partial charge on any atom is -0.408 e. The molecule has 2 N–H and O–H groups in total. The van der Waals surface area contributed by atoms with Gasteiger partial charge in [-0.1, -0.05) is 6.07 Å². The summed E-state index contributed by atoms with van der Waals surface area (Å²) in [6.07, 6.45) is 0. The minimum atomic E-state index is -3.93. The van der Waals surface area contributed by atoms with Gasteiger partial charge in [-0.3, -0.25) is 14.1 Å². The van der Waals surface area contributed by atoms with Crippen LogP contribution in [-0.2, 0) is 21.4 Å². The molecule has 0 spiro atoms. The maximum atomic E-state index is 12.8. The number of nitrogens with zero attached hydrogens (tertiary/aromatic N) is 1. The second-order valence-electron chi connectivity index (χ2n) is 6.07. The van der Waals surface area contributed by atoms with Crippen LogP contribution in [0.15, 0.2) is 50.5 Å². The first-order valence-electron chi connectivity index (χ1n) is 8.25. The maximum Gasteiger partial charge on any atom is 0.419 e. The molecule has 0 radical (unpaired) electrons. The number of benzene rings is 2. The van der Waals surface area contributed by atoms with Gasteiger partial charge in [0.25, 0.3) is 10.0 Å². The molecule has 1 aromatic heterocycles. The Kier molecular flexibility index (Phi) is 4.79. The highest BCUT2D eigenvalue weighted by molar-refractivity contribution is 7.92. The SMILES string of the molecule is CCn1c(=O)oc2cc(S(=O)(=O)Nc3cccc(NC(C)=O)c3)c(C)cc21. The predicted octanol–water partition coefficient (Wildman–Crippen LogP) is 2.68. The summed E-state index contributed by atoms with van der Waals surface area (Å²) in [5.41, 5.74) is 2.01. The van der Waals surface area contributed by atoms with Crippen molar-refractivity contribution in [2.24, 2.45) is 0 Å². The Labute approximate surface area is 155 Å². The van der Waals surface area contributed by atoms with Gasteiger partial charge in [0.1, 0.15) is 0 Å². The van der Waals surface area contributed by atoms with Crippen LogP contribution in [0.1, 0.15) is 19.4 Å². The molecule has 0 aliphatic carbocycles. The third kappa shape index (κ3) is 3.72. The summed E-state index contributed by atoms with van der Waals surface area (Å²) >= 11 is 0. The molecule has 142 valence electrons. The largest absolute Gasteiger partial charge is 0.419 e. The minimum absolute atomic E-state index is 0.0110. The van der Waals surface area contributed by atoms with E-state index in [0.717, 1.165) is 0 Å². The fraction of sp³-hybridized carbons (Fsp3) is 0.222. The number of anilines is 2. The van der Waals surface area contributed by atoms with E-state index in [9.17, 15) is 18.0 Å². The summed E-state index contributed by atoms with van der Waals surface area (Å²) < 4.78 is 34.8. The van der Waals surface area contributed by atoms with Crippen molar-refractivity contribution in [2.75, 3.05) is 10.0 Å². The molecule has 0 saturated carbocycles. The smallest absolute Gasteiger partial charge is 0.408 e. The number of rotatable bonds is 5. The number of aryl methyl sites for hydroxylation is 2. The van der Waals surface area contributed by atoms with E-state index in [1.165, 1.54) is 23.6 Å². The van der Waals surface area contributed by atoms with E-state index in [1.807, 2.05) is 0 Å². The zero-order valence-corrected chi connectivity index (χ0v) is 15.9. The third-order valence-electron chi connectivity index (χ3n) is 4.01. The van der Waals surface area contributed by atoms with Gasteiger partial charge in [-0.2, -0.15) is 0 Å². The van der Waals surface area contributed by atoms with Crippen LogP contribution in [-0.4, -0.2) is 18.9 Å². The number of sulfonamides is 1. The average Bonchev–Trinajstić information content (AvgIpc) is 2.87. The molecule has 8 nitrogen and oxygen atoms in total. The molecule has 1 heterocycles. The first-order valence-corrected chi connectivity index (χ1v) is 9.74. The fourth-order valence-electron chi connectivity index (χ4n) is 2.86. The van der Waals surface area contributed by atoms with Crippen molar-refractivity contribution in [3.8, 4) is 0 Å². The van der Waals surface area contributed by atoms with Crippen LogP contribution in [0.25, 0.3) is 11.1 Å². The summed E-state index contributed by atoms with van der Waals surface area (Å²) in [5, 5.41) is 2.60. The Morgan fingerprint density at radius 2 is 1.89 bits per heavy atom. The second kappa shape index (κ2) is 6.92. The van der Waals surface area contributed by atoms with Crippen molar-refractivity contribution in [3.63, 3.8) is 0 Å². The number of carbonyl (C=O) groups excluding carboxylic acids is 1. The van der Waals surface area contributed by atoms with E-state index >= 15 is 0 Å². The molecule has 0 atom stereocenters. The molecule has 0 fully saturated rings. The van der Waals surface area contributed by atoms with Gasteiger partial charge in [-0.25, -0.2) is 13.2 Å². The first-order chi connectivity index (χ1) is 12.7. The number of amides is 1. The Morgan fingerprint density at radius 3 is 2.56 bits per heavy atom. The highest BCUT2D eigenvalue weighted by Gasteiger charge is 2.21. The first kappa shape index (κ1) is 18.7. The molecule has 3 rings (SSSR count). The topological polar surface area (TPSA) is 110 Å². The van der Waals surface area contributed by atoms with Crippen LogP contribution >= 0.6 is 0 Å². The molecule has 0 aliphatic heterocycles. The van der Waals surface area contributed by atoms with E-state index in [-0.39, 0.29) is 16.4 Å². The molecule has 1 amide bonds. The molecule has 3 aromatic rings. The highest BCUT2D eigenvalue weighted by Crippen LogP contribution is 2.25. The summed E-state index contributed by atoms with van der Waals surface area (Å²) in [6, 6.07) is 9.33. The van der Waals surface area contributed by atoms with Crippen LogP contribution in [0.3, 0.4) is 0 Å². The molecule has 0 bridgehead atoms. The summed E-state index contributed by atoms with van der Waals surface area (Å²) in [5.74, 6) is -0.788. The zero-order chi connectivity index (χ0) is 19.8. The van der Waals surface area contributed by atoms with Crippen molar-refractivity contribution < 1.29 is 17.6 Å². The van der Waals surface area contributed by atoms with E-state index < -0.39 is 15.8 Å². The Morgan fingerprint density at radius 1 is 1.19 bits per heavy atom. The molecule has 0 unspecified atom stereocenters. The van der Waals surface area contributed by atoms with Gasteiger partial charge in [0.15, 0.2) is 5.58 Å². The van der Waals surface area contributed by atoms with E-state index in [0.29, 0.717) is 29.0 Å². The van der Waals surface area contributed by atoms with Crippen molar-refractivity contribution in [1.82, 2.24) is 4.57 Å². The van der Waals surface area contributed by atoms with Crippen molar-refractivity contribution in [3.05, 3.63) is 52.5 Å². The number of nitrogens with one attached hydrogen (secondary N) is 2. The lowest BCUT2D eigenvalue weighted by Crippen LogP contribution is -2.15. The molecular weight excluding hydrogens is 370 g/mol. The Hall–Kier alpha value is -3.07. The average molecular weight is 389 g/mol. The zero-order valence-electron chi connectivity index (χ0n) is 15.1. The summed E-state index contributed by atoms with van der Waals surface area (Å²) in [7, 11) is -3.93. The number of aromatic nitrogens is 1. The lowest BCUT2D eigenvalue weighted by atomic mass is 10.2. The third-order valence-corrected chi connectivity index (χ3v) is 5.53. The number of hydrogen-bond acceptors (Lipinski definition) is 5.